The Bertz CT molecular complexity index is 774. The van der Waals surface area contributed by atoms with E-state index in [4.69, 9.17) is 4.52 Å². The van der Waals surface area contributed by atoms with Gasteiger partial charge in [0.2, 0.25) is 0 Å². The van der Waals surface area contributed by atoms with Crippen LogP contribution in [0.25, 0.3) is 11.3 Å². The monoisotopic (exact) mass is 334 g/mol. The summed E-state index contributed by atoms with van der Waals surface area (Å²) in [5.74, 6) is 0.0100. The SMILES string of the molecule is Cc1onc(-c2ccccc2)c1C(=O)N[C@H]1[NH+]=C[C@H]([N+](=O)[O-])[SH+]1. The number of rotatable bonds is 4. The quantitative estimate of drug-likeness (QED) is 0.330. The summed E-state index contributed by atoms with van der Waals surface area (Å²) in [4.78, 5) is 25.7. The van der Waals surface area contributed by atoms with Crippen LogP contribution in [0.2, 0.25) is 0 Å². The van der Waals surface area contributed by atoms with Crippen molar-refractivity contribution in [2.24, 2.45) is 0 Å². The number of nitrogens with one attached hydrogen (secondary N) is 2. The third kappa shape index (κ3) is 3.09. The molecule has 0 saturated heterocycles. The molecule has 1 aliphatic heterocycles. The second kappa shape index (κ2) is 6.21. The largest absolute Gasteiger partial charge is 0.439 e. The Morgan fingerprint density at radius 1 is 1.43 bits per heavy atom. The molecule has 0 unspecified atom stereocenters. The number of aromatic nitrogens is 1. The fraction of sp³-hybridized carbons (Fsp3) is 0.214. The number of carbonyl (C=O) groups is 1. The lowest BCUT2D eigenvalue weighted by atomic mass is 10.1. The maximum Gasteiger partial charge on any atom is 0.439 e. The van der Waals surface area contributed by atoms with E-state index in [9.17, 15) is 14.9 Å². The molecule has 2 aromatic rings. The van der Waals surface area contributed by atoms with Gasteiger partial charge < -0.3 is 4.52 Å². The molecule has 2 heterocycles. The van der Waals surface area contributed by atoms with Gasteiger partial charge in [-0.3, -0.25) is 14.9 Å². The van der Waals surface area contributed by atoms with Crippen LogP contribution >= 0.6 is 0 Å². The minimum Gasteiger partial charge on any atom is -0.360 e. The van der Waals surface area contributed by atoms with Gasteiger partial charge in [0.25, 0.3) is 12.1 Å². The molecule has 1 aromatic carbocycles. The Balaban J connectivity index is 1.80. The van der Waals surface area contributed by atoms with E-state index in [0.717, 1.165) is 5.56 Å². The molecule has 1 amide bonds. The normalized spacial score (nSPS) is 19.7. The van der Waals surface area contributed by atoms with E-state index in [0.29, 0.717) is 28.8 Å². The minimum absolute atomic E-state index is 0.331. The van der Waals surface area contributed by atoms with Gasteiger partial charge in [-0.15, -0.1) is 0 Å². The first kappa shape index (κ1) is 15.2. The summed E-state index contributed by atoms with van der Waals surface area (Å²) in [5, 5.41) is 16.6. The molecule has 9 heteroatoms. The average Bonchev–Trinajstić information content (AvgIpc) is 3.15. The minimum atomic E-state index is -0.836. The summed E-state index contributed by atoms with van der Waals surface area (Å²) >= 11 is 0.466. The standard InChI is InChI=1S/C14H12N4O4S/c1-8-11(12(17-22-8)9-5-3-2-4-6-9)13(19)16-14-15-7-10(23-14)18(20)21/h2-7,10,14H,1H3,(H,16,19)/p+2/t10-,14-/m1/s1. The summed E-state index contributed by atoms with van der Waals surface area (Å²) in [6, 6.07) is 9.21. The maximum atomic E-state index is 12.5. The van der Waals surface area contributed by atoms with E-state index in [2.05, 4.69) is 15.5 Å². The lowest BCUT2D eigenvalue weighted by Gasteiger charge is -2.03. The lowest BCUT2D eigenvalue weighted by molar-refractivity contribution is -0.496. The summed E-state index contributed by atoms with van der Waals surface area (Å²) in [6.45, 7) is 1.65. The molecule has 118 valence electrons. The van der Waals surface area contributed by atoms with Crippen molar-refractivity contribution in [2.75, 3.05) is 0 Å². The zero-order valence-electron chi connectivity index (χ0n) is 12.1. The van der Waals surface area contributed by atoms with Gasteiger partial charge in [-0.1, -0.05) is 35.5 Å². The Hall–Kier alpha value is -2.68. The molecule has 0 saturated carbocycles. The number of hydrogen-bond donors (Lipinski definition) is 2. The Labute approximate surface area is 135 Å². The number of benzene rings is 1. The van der Waals surface area contributed by atoms with Crippen LogP contribution in [0.3, 0.4) is 0 Å². The van der Waals surface area contributed by atoms with E-state index in [-0.39, 0.29) is 5.91 Å². The van der Waals surface area contributed by atoms with Crippen LogP contribution in [0.5, 0.6) is 0 Å². The number of nitrogens with zero attached hydrogens (tertiary/aromatic N) is 2. The lowest BCUT2D eigenvalue weighted by Crippen LogP contribution is -2.78. The highest BCUT2D eigenvalue weighted by molar-refractivity contribution is 7.80. The highest BCUT2D eigenvalue weighted by atomic mass is 32.2. The highest BCUT2D eigenvalue weighted by Crippen LogP contribution is 2.24. The third-order valence-corrected chi connectivity index (χ3v) is 4.55. The van der Waals surface area contributed by atoms with Crippen molar-refractivity contribution in [2.45, 2.75) is 17.8 Å². The smallest absolute Gasteiger partial charge is 0.360 e. The zero-order chi connectivity index (χ0) is 16.4. The molecule has 2 atom stereocenters. The third-order valence-electron chi connectivity index (χ3n) is 3.33. The van der Waals surface area contributed by atoms with Crippen LogP contribution in [0.15, 0.2) is 34.9 Å². The van der Waals surface area contributed by atoms with Gasteiger partial charge >= 0.3 is 10.9 Å². The van der Waals surface area contributed by atoms with Gasteiger partial charge in [0.05, 0.1) is 4.92 Å². The second-order valence-corrected chi connectivity index (χ2v) is 6.23. The van der Waals surface area contributed by atoms with Gasteiger partial charge in [-0.2, -0.15) is 4.99 Å². The van der Waals surface area contributed by atoms with Crippen molar-refractivity contribution in [3.8, 4) is 11.3 Å². The van der Waals surface area contributed by atoms with Crippen molar-refractivity contribution in [3.63, 3.8) is 0 Å². The van der Waals surface area contributed by atoms with Gasteiger partial charge in [0.15, 0.2) is 11.8 Å². The summed E-state index contributed by atoms with van der Waals surface area (Å²) in [5.41, 5.74) is 1.03. The van der Waals surface area contributed by atoms with Crippen molar-refractivity contribution < 1.29 is 19.2 Å². The van der Waals surface area contributed by atoms with Crippen LogP contribution in [0.1, 0.15) is 16.1 Å². The van der Waals surface area contributed by atoms with Crippen LogP contribution < -0.4 is 10.3 Å². The summed E-state index contributed by atoms with van der Waals surface area (Å²) < 4.78 is 5.15. The number of aryl methyl sites for hydroxylation is 1. The molecule has 23 heavy (non-hydrogen) atoms. The number of hydrogen-bond acceptors (Lipinski definition) is 5. The predicted octanol–water partition coefficient (Wildman–Crippen LogP) is -0.754. The zero-order valence-corrected chi connectivity index (χ0v) is 13.0. The summed E-state index contributed by atoms with van der Waals surface area (Å²) in [6.07, 6.45) is 1.37. The van der Waals surface area contributed by atoms with Crippen LogP contribution in [-0.2, 0) is 11.8 Å². The molecule has 1 aromatic heterocycles. The van der Waals surface area contributed by atoms with Crippen molar-refractivity contribution in [3.05, 3.63) is 51.8 Å². The molecule has 0 fully saturated rings. The molecule has 0 aliphatic carbocycles. The topological polar surface area (TPSA) is 112 Å². The first-order valence-corrected chi connectivity index (χ1v) is 7.85. The first-order chi connectivity index (χ1) is 11.1. The van der Waals surface area contributed by atoms with Crippen molar-refractivity contribution >= 4 is 23.9 Å². The fourth-order valence-electron chi connectivity index (χ4n) is 2.24. The van der Waals surface area contributed by atoms with Crippen LogP contribution in [0.4, 0.5) is 0 Å². The Morgan fingerprint density at radius 2 is 2.17 bits per heavy atom. The summed E-state index contributed by atoms with van der Waals surface area (Å²) in [7, 11) is 0. The number of nitro groups is 1. The van der Waals surface area contributed by atoms with Gasteiger partial charge in [-0.05, 0) is 6.92 Å². The highest BCUT2D eigenvalue weighted by Gasteiger charge is 2.44. The fourth-order valence-corrected chi connectivity index (χ4v) is 3.19. The molecule has 3 rings (SSSR count). The number of carbonyl (C=O) groups excluding carboxylic acids is 1. The van der Waals surface area contributed by atoms with Crippen molar-refractivity contribution in [1.82, 2.24) is 10.5 Å². The van der Waals surface area contributed by atoms with Gasteiger partial charge in [0, 0.05) is 5.56 Å². The Morgan fingerprint density at radius 3 is 2.83 bits per heavy atom. The number of amides is 1. The van der Waals surface area contributed by atoms with E-state index in [1.807, 2.05) is 30.3 Å². The molecule has 2 N–H and O–H groups in total. The van der Waals surface area contributed by atoms with Crippen LogP contribution in [0, 0.1) is 17.0 Å². The molecular formula is C14H14N4O4S+2. The van der Waals surface area contributed by atoms with Crippen LogP contribution in [-0.4, -0.2) is 33.1 Å². The molecule has 0 bridgehead atoms. The first-order valence-electron chi connectivity index (χ1n) is 6.81. The second-order valence-electron chi connectivity index (χ2n) is 4.89. The van der Waals surface area contributed by atoms with E-state index < -0.39 is 15.8 Å². The van der Waals surface area contributed by atoms with E-state index in [1.54, 1.807) is 6.92 Å². The predicted molar refractivity (Wildman–Crippen MR) is 84.5 cm³/mol. The van der Waals surface area contributed by atoms with E-state index in [1.165, 1.54) is 6.21 Å². The van der Waals surface area contributed by atoms with Crippen molar-refractivity contribution in [1.29, 1.82) is 0 Å². The van der Waals surface area contributed by atoms with Gasteiger partial charge in [0.1, 0.15) is 17.0 Å². The molecule has 1 aliphatic rings. The molecule has 8 nitrogen and oxygen atoms in total. The molecule has 0 spiro atoms. The Kier molecular flexibility index (Phi) is 4.11. The average molecular weight is 334 g/mol. The molecular weight excluding hydrogens is 320 g/mol. The number of thiol groups is 1. The maximum absolute atomic E-state index is 12.5. The van der Waals surface area contributed by atoms with E-state index >= 15 is 0 Å². The molecule has 0 radical (unpaired) electrons. The van der Waals surface area contributed by atoms with Gasteiger partial charge in [-0.25, -0.2) is 5.32 Å².